The fourth-order valence-corrected chi connectivity index (χ4v) is 1.88. The van der Waals surface area contributed by atoms with Gasteiger partial charge in [0, 0.05) is 17.6 Å². The SMILES string of the molecule is O=[N+]([O-])c1ccc(Cl)c(OCc2nccs2)c1. The molecule has 0 amide bonds. The van der Waals surface area contributed by atoms with Crippen LogP contribution in [0.1, 0.15) is 5.01 Å². The van der Waals surface area contributed by atoms with Gasteiger partial charge in [0.15, 0.2) is 0 Å². The molecule has 0 fully saturated rings. The average Bonchev–Trinajstić information content (AvgIpc) is 2.80. The second-order valence-electron chi connectivity index (χ2n) is 3.09. The molecule has 5 nitrogen and oxygen atoms in total. The molecule has 0 spiro atoms. The Morgan fingerprint density at radius 3 is 3.00 bits per heavy atom. The van der Waals surface area contributed by atoms with E-state index in [9.17, 15) is 10.1 Å². The number of nitro benzene ring substituents is 1. The third-order valence-electron chi connectivity index (χ3n) is 1.96. The predicted octanol–water partition coefficient (Wildman–Crippen LogP) is 3.28. The highest BCUT2D eigenvalue weighted by Gasteiger charge is 2.11. The highest BCUT2D eigenvalue weighted by Crippen LogP contribution is 2.29. The average molecular weight is 271 g/mol. The Labute approximate surface area is 106 Å². The molecule has 17 heavy (non-hydrogen) atoms. The maximum Gasteiger partial charge on any atom is 0.273 e. The lowest BCUT2D eigenvalue weighted by molar-refractivity contribution is -0.384. The molecule has 0 unspecified atom stereocenters. The van der Waals surface area contributed by atoms with Gasteiger partial charge in [0.25, 0.3) is 5.69 Å². The third-order valence-corrected chi connectivity index (χ3v) is 3.03. The minimum absolute atomic E-state index is 0.0523. The van der Waals surface area contributed by atoms with Crippen LogP contribution in [0.3, 0.4) is 0 Å². The number of nitrogens with zero attached hydrogens (tertiary/aromatic N) is 2. The van der Waals surface area contributed by atoms with Gasteiger partial charge in [-0.15, -0.1) is 11.3 Å². The van der Waals surface area contributed by atoms with Gasteiger partial charge in [-0.3, -0.25) is 10.1 Å². The lowest BCUT2D eigenvalue weighted by Crippen LogP contribution is -1.96. The van der Waals surface area contributed by atoms with Crippen LogP contribution < -0.4 is 4.74 Å². The summed E-state index contributed by atoms with van der Waals surface area (Å²) in [6.07, 6.45) is 1.67. The van der Waals surface area contributed by atoms with Crippen molar-refractivity contribution in [2.45, 2.75) is 6.61 Å². The molecule has 2 rings (SSSR count). The Kier molecular flexibility index (Phi) is 3.55. The fourth-order valence-electron chi connectivity index (χ4n) is 1.18. The van der Waals surface area contributed by atoms with Gasteiger partial charge in [-0.2, -0.15) is 0 Å². The van der Waals surface area contributed by atoms with Crippen molar-refractivity contribution in [3.8, 4) is 5.75 Å². The zero-order chi connectivity index (χ0) is 12.3. The van der Waals surface area contributed by atoms with Crippen LogP contribution in [0, 0.1) is 10.1 Å². The van der Waals surface area contributed by atoms with E-state index in [1.54, 1.807) is 6.20 Å². The molecule has 0 saturated carbocycles. The molecule has 88 valence electrons. The molecule has 0 bridgehead atoms. The monoisotopic (exact) mass is 270 g/mol. The van der Waals surface area contributed by atoms with Gasteiger partial charge < -0.3 is 4.74 Å². The van der Waals surface area contributed by atoms with Gasteiger partial charge in [-0.25, -0.2) is 4.98 Å². The van der Waals surface area contributed by atoms with Crippen molar-refractivity contribution in [2.75, 3.05) is 0 Å². The maximum absolute atomic E-state index is 10.6. The van der Waals surface area contributed by atoms with E-state index in [4.69, 9.17) is 16.3 Å². The van der Waals surface area contributed by atoms with Crippen LogP contribution in [0.15, 0.2) is 29.8 Å². The topological polar surface area (TPSA) is 65.3 Å². The van der Waals surface area contributed by atoms with Gasteiger partial charge in [-0.05, 0) is 6.07 Å². The van der Waals surface area contributed by atoms with Crippen molar-refractivity contribution in [3.05, 3.63) is 49.9 Å². The molecule has 0 aliphatic carbocycles. The van der Waals surface area contributed by atoms with Gasteiger partial charge in [-0.1, -0.05) is 11.6 Å². The van der Waals surface area contributed by atoms with Crippen LogP contribution in [0.5, 0.6) is 5.75 Å². The maximum atomic E-state index is 10.6. The molecular formula is C10H7ClN2O3S. The fraction of sp³-hybridized carbons (Fsp3) is 0.100. The van der Waals surface area contributed by atoms with E-state index in [-0.39, 0.29) is 18.0 Å². The quantitative estimate of drug-likeness (QED) is 0.632. The standard InChI is InChI=1S/C10H7ClN2O3S/c11-8-2-1-7(13(14)15)5-9(8)16-6-10-12-3-4-17-10/h1-5H,6H2. The van der Waals surface area contributed by atoms with Crippen molar-refractivity contribution in [1.82, 2.24) is 4.98 Å². The lowest BCUT2D eigenvalue weighted by atomic mass is 10.3. The van der Waals surface area contributed by atoms with Crippen LogP contribution in [0.25, 0.3) is 0 Å². The molecular weight excluding hydrogens is 264 g/mol. The predicted molar refractivity (Wildman–Crippen MR) is 64.6 cm³/mol. The molecule has 2 aromatic rings. The van der Waals surface area contributed by atoms with Gasteiger partial charge >= 0.3 is 0 Å². The highest BCUT2D eigenvalue weighted by molar-refractivity contribution is 7.09. The minimum Gasteiger partial charge on any atom is -0.485 e. The summed E-state index contributed by atoms with van der Waals surface area (Å²) >= 11 is 7.32. The van der Waals surface area contributed by atoms with Crippen LogP contribution in [0.2, 0.25) is 5.02 Å². The largest absolute Gasteiger partial charge is 0.485 e. The van der Waals surface area contributed by atoms with E-state index in [0.29, 0.717) is 5.02 Å². The minimum atomic E-state index is -0.493. The number of nitro groups is 1. The first kappa shape index (κ1) is 11.8. The molecule has 0 atom stereocenters. The number of ether oxygens (including phenoxy) is 1. The van der Waals surface area contributed by atoms with Crippen molar-refractivity contribution < 1.29 is 9.66 Å². The number of thiazole rings is 1. The summed E-state index contributed by atoms with van der Waals surface area (Å²) in [7, 11) is 0. The van der Waals surface area contributed by atoms with E-state index in [0.717, 1.165) is 5.01 Å². The molecule has 0 aliphatic rings. The Bertz CT molecular complexity index is 530. The summed E-state index contributed by atoms with van der Waals surface area (Å²) in [5.41, 5.74) is -0.0523. The van der Waals surface area contributed by atoms with E-state index in [1.165, 1.54) is 29.5 Å². The molecule has 1 aromatic carbocycles. The lowest BCUT2D eigenvalue weighted by Gasteiger charge is -2.05. The van der Waals surface area contributed by atoms with Gasteiger partial charge in [0.05, 0.1) is 16.0 Å². The Morgan fingerprint density at radius 1 is 1.53 bits per heavy atom. The van der Waals surface area contributed by atoms with Crippen molar-refractivity contribution in [1.29, 1.82) is 0 Å². The molecule has 0 saturated heterocycles. The zero-order valence-corrected chi connectivity index (χ0v) is 10.1. The van der Waals surface area contributed by atoms with Crippen LogP contribution >= 0.6 is 22.9 Å². The third kappa shape index (κ3) is 2.92. The zero-order valence-electron chi connectivity index (χ0n) is 8.50. The molecule has 0 aliphatic heterocycles. The normalized spacial score (nSPS) is 10.2. The summed E-state index contributed by atoms with van der Waals surface area (Å²) in [5, 5.41) is 13.5. The summed E-state index contributed by atoms with van der Waals surface area (Å²) in [6, 6.07) is 4.07. The van der Waals surface area contributed by atoms with E-state index in [1.807, 2.05) is 5.38 Å². The number of benzene rings is 1. The number of aromatic nitrogens is 1. The molecule has 1 heterocycles. The van der Waals surface area contributed by atoms with E-state index in [2.05, 4.69) is 4.98 Å². The van der Waals surface area contributed by atoms with Crippen molar-refractivity contribution >= 4 is 28.6 Å². The summed E-state index contributed by atoms with van der Waals surface area (Å²) in [5.74, 6) is 0.288. The van der Waals surface area contributed by atoms with E-state index < -0.39 is 4.92 Å². The Morgan fingerprint density at radius 2 is 2.35 bits per heavy atom. The molecule has 0 N–H and O–H groups in total. The highest BCUT2D eigenvalue weighted by atomic mass is 35.5. The Hall–Kier alpha value is -1.66. The molecule has 7 heteroatoms. The summed E-state index contributed by atoms with van der Waals surface area (Å²) in [4.78, 5) is 14.1. The second kappa shape index (κ2) is 5.11. The van der Waals surface area contributed by atoms with Crippen LogP contribution in [-0.4, -0.2) is 9.91 Å². The van der Waals surface area contributed by atoms with Gasteiger partial charge in [0.2, 0.25) is 0 Å². The second-order valence-corrected chi connectivity index (χ2v) is 4.47. The first-order valence-corrected chi connectivity index (χ1v) is 5.87. The Balaban J connectivity index is 2.14. The van der Waals surface area contributed by atoms with Crippen LogP contribution in [0.4, 0.5) is 5.69 Å². The number of halogens is 1. The van der Waals surface area contributed by atoms with Gasteiger partial charge in [0.1, 0.15) is 17.4 Å². The summed E-state index contributed by atoms with van der Waals surface area (Å²) < 4.78 is 5.38. The summed E-state index contributed by atoms with van der Waals surface area (Å²) in [6.45, 7) is 0.249. The number of hydrogen-bond acceptors (Lipinski definition) is 5. The van der Waals surface area contributed by atoms with Crippen molar-refractivity contribution in [2.24, 2.45) is 0 Å². The number of non-ortho nitro benzene ring substituents is 1. The smallest absolute Gasteiger partial charge is 0.273 e. The number of rotatable bonds is 4. The van der Waals surface area contributed by atoms with E-state index >= 15 is 0 Å². The molecule has 1 aromatic heterocycles. The van der Waals surface area contributed by atoms with Crippen molar-refractivity contribution in [3.63, 3.8) is 0 Å². The first-order chi connectivity index (χ1) is 8.16. The first-order valence-electron chi connectivity index (χ1n) is 4.62. The molecule has 0 radical (unpaired) electrons. The van der Waals surface area contributed by atoms with Crippen LogP contribution in [-0.2, 0) is 6.61 Å². The number of hydrogen-bond donors (Lipinski definition) is 0.